The summed E-state index contributed by atoms with van der Waals surface area (Å²) in [5.74, 6) is 0.432. The molecule has 0 N–H and O–H groups in total. The smallest absolute Gasteiger partial charge is 0.231 e. The molecular weight excluding hydrogens is 308 g/mol. The van der Waals surface area contributed by atoms with Crippen LogP contribution in [0.4, 0.5) is 5.69 Å². The zero-order chi connectivity index (χ0) is 17.2. The number of carbonyl (C=O) groups excluding carboxylic acids is 1. The number of benzene rings is 2. The number of carbonyl (C=O) groups is 1. The number of hydrogen-bond acceptors (Lipinski definition) is 2. The van der Waals surface area contributed by atoms with Gasteiger partial charge in [-0.2, -0.15) is 0 Å². The largest absolute Gasteiger partial charge is 0.309 e. The molecule has 0 spiro atoms. The highest BCUT2D eigenvalue weighted by atomic mass is 16.2. The Kier molecular flexibility index (Phi) is 4.58. The molecule has 2 aliphatic rings. The van der Waals surface area contributed by atoms with Crippen LogP contribution in [-0.2, 0) is 17.8 Å². The standard InChI is InChI=1S/C22H26N2O/c1-17-14-19-10-5-6-12-21(19)24(17)22(25)20-11-7-13-23(16-20)15-18-8-3-2-4-9-18/h2-6,8-10,12,17,20H,7,11,13-16H2,1H3/t17-,20-/m0/s1. The lowest BCUT2D eigenvalue weighted by Gasteiger charge is -2.35. The molecule has 2 aromatic carbocycles. The van der Waals surface area contributed by atoms with Crippen LogP contribution in [0.1, 0.15) is 30.9 Å². The number of hydrogen-bond donors (Lipinski definition) is 0. The molecule has 25 heavy (non-hydrogen) atoms. The highest BCUT2D eigenvalue weighted by Gasteiger charge is 2.36. The van der Waals surface area contributed by atoms with E-state index in [-0.39, 0.29) is 12.0 Å². The molecule has 2 aliphatic heterocycles. The van der Waals surface area contributed by atoms with Gasteiger partial charge in [0.05, 0.1) is 5.92 Å². The third kappa shape index (κ3) is 3.34. The maximum atomic E-state index is 13.3. The summed E-state index contributed by atoms with van der Waals surface area (Å²) < 4.78 is 0. The van der Waals surface area contributed by atoms with Gasteiger partial charge in [0, 0.05) is 24.8 Å². The Bertz CT molecular complexity index is 743. The summed E-state index contributed by atoms with van der Waals surface area (Å²) in [6, 6.07) is 19.2. The molecule has 1 saturated heterocycles. The molecule has 4 rings (SSSR count). The van der Waals surface area contributed by atoms with Crippen LogP contribution in [0.25, 0.3) is 0 Å². The minimum atomic E-state index is 0.117. The molecule has 3 nitrogen and oxygen atoms in total. The summed E-state index contributed by atoms with van der Waals surface area (Å²) in [5.41, 5.74) is 3.76. The van der Waals surface area contributed by atoms with Crippen molar-refractivity contribution in [1.29, 1.82) is 0 Å². The van der Waals surface area contributed by atoms with Crippen molar-refractivity contribution in [1.82, 2.24) is 4.90 Å². The summed E-state index contributed by atoms with van der Waals surface area (Å²) in [5, 5.41) is 0. The second-order valence-corrected chi connectivity index (χ2v) is 7.45. The van der Waals surface area contributed by atoms with Crippen molar-refractivity contribution in [3.05, 3.63) is 65.7 Å². The summed E-state index contributed by atoms with van der Waals surface area (Å²) in [6.07, 6.45) is 3.09. The molecule has 3 heteroatoms. The van der Waals surface area contributed by atoms with E-state index in [1.54, 1.807) is 0 Å². The molecule has 2 aromatic rings. The van der Waals surface area contributed by atoms with Crippen LogP contribution < -0.4 is 4.90 Å². The number of nitrogens with zero attached hydrogens (tertiary/aromatic N) is 2. The van der Waals surface area contributed by atoms with E-state index >= 15 is 0 Å². The Balaban J connectivity index is 1.47. The van der Waals surface area contributed by atoms with E-state index in [0.717, 1.165) is 44.6 Å². The minimum Gasteiger partial charge on any atom is -0.309 e. The predicted molar refractivity (Wildman–Crippen MR) is 102 cm³/mol. The second-order valence-electron chi connectivity index (χ2n) is 7.45. The first-order valence-corrected chi connectivity index (χ1v) is 9.39. The molecule has 0 aromatic heterocycles. The van der Waals surface area contributed by atoms with E-state index in [4.69, 9.17) is 0 Å². The lowest BCUT2D eigenvalue weighted by molar-refractivity contribution is -0.124. The molecule has 130 valence electrons. The van der Waals surface area contributed by atoms with E-state index < -0.39 is 0 Å². The number of piperidine rings is 1. The van der Waals surface area contributed by atoms with Gasteiger partial charge >= 0.3 is 0 Å². The van der Waals surface area contributed by atoms with Crippen LogP contribution in [0.3, 0.4) is 0 Å². The number of likely N-dealkylation sites (tertiary alicyclic amines) is 1. The molecule has 0 bridgehead atoms. The van der Waals surface area contributed by atoms with Crippen molar-refractivity contribution in [3.8, 4) is 0 Å². The quantitative estimate of drug-likeness (QED) is 0.850. The molecule has 1 amide bonds. The Hall–Kier alpha value is -2.13. The van der Waals surface area contributed by atoms with Gasteiger partial charge in [-0.25, -0.2) is 0 Å². The second kappa shape index (κ2) is 7.01. The van der Waals surface area contributed by atoms with Crippen molar-refractivity contribution < 1.29 is 4.79 Å². The normalized spacial score (nSPS) is 23.5. The minimum absolute atomic E-state index is 0.117. The SMILES string of the molecule is C[C@H]1Cc2ccccc2N1C(=O)[C@H]1CCCN(Cc2ccccc2)C1. The Morgan fingerprint density at radius 3 is 2.68 bits per heavy atom. The summed E-state index contributed by atoms with van der Waals surface area (Å²) in [7, 11) is 0. The highest BCUT2D eigenvalue weighted by Crippen LogP contribution is 2.34. The molecule has 0 unspecified atom stereocenters. The van der Waals surface area contributed by atoms with Crippen LogP contribution >= 0.6 is 0 Å². The van der Waals surface area contributed by atoms with Gasteiger partial charge in [0.15, 0.2) is 0 Å². The third-order valence-electron chi connectivity index (χ3n) is 5.55. The third-order valence-corrected chi connectivity index (χ3v) is 5.55. The van der Waals surface area contributed by atoms with E-state index in [2.05, 4.69) is 65.3 Å². The molecule has 0 radical (unpaired) electrons. The number of anilines is 1. The van der Waals surface area contributed by atoms with E-state index in [1.165, 1.54) is 11.1 Å². The van der Waals surface area contributed by atoms with Gasteiger partial charge in [-0.3, -0.25) is 9.69 Å². The van der Waals surface area contributed by atoms with Gasteiger partial charge in [0.1, 0.15) is 0 Å². The highest BCUT2D eigenvalue weighted by molar-refractivity contribution is 5.97. The fourth-order valence-electron chi connectivity index (χ4n) is 4.34. The monoisotopic (exact) mass is 334 g/mol. The fraction of sp³-hybridized carbons (Fsp3) is 0.409. The number of rotatable bonds is 3. The van der Waals surface area contributed by atoms with Gasteiger partial charge in [0.25, 0.3) is 0 Å². The molecule has 1 fully saturated rings. The Morgan fingerprint density at radius 1 is 1.08 bits per heavy atom. The van der Waals surface area contributed by atoms with Crippen molar-refractivity contribution in [3.63, 3.8) is 0 Å². The van der Waals surface area contributed by atoms with Crippen LogP contribution in [0.2, 0.25) is 0 Å². The van der Waals surface area contributed by atoms with Gasteiger partial charge in [0.2, 0.25) is 5.91 Å². The molecular formula is C22H26N2O. The summed E-state index contributed by atoms with van der Waals surface area (Å²) in [6.45, 7) is 5.07. The van der Waals surface area contributed by atoms with Crippen LogP contribution in [-0.4, -0.2) is 29.9 Å². The van der Waals surface area contributed by atoms with Gasteiger partial charge in [-0.15, -0.1) is 0 Å². The number of para-hydroxylation sites is 1. The van der Waals surface area contributed by atoms with E-state index in [1.807, 2.05) is 6.07 Å². The van der Waals surface area contributed by atoms with Crippen molar-refractivity contribution in [2.45, 2.75) is 38.8 Å². The lowest BCUT2D eigenvalue weighted by atomic mass is 9.95. The Morgan fingerprint density at radius 2 is 1.84 bits per heavy atom. The maximum absolute atomic E-state index is 13.3. The lowest BCUT2D eigenvalue weighted by Crippen LogP contribution is -2.46. The predicted octanol–water partition coefficient (Wildman–Crippen LogP) is 3.88. The first kappa shape index (κ1) is 16.3. The molecule has 0 aliphatic carbocycles. The van der Waals surface area contributed by atoms with E-state index in [9.17, 15) is 4.79 Å². The first-order chi connectivity index (χ1) is 12.2. The number of amides is 1. The van der Waals surface area contributed by atoms with Crippen LogP contribution in [0.15, 0.2) is 54.6 Å². The Labute approximate surface area is 150 Å². The van der Waals surface area contributed by atoms with Gasteiger partial charge in [-0.1, -0.05) is 48.5 Å². The fourth-order valence-corrected chi connectivity index (χ4v) is 4.34. The number of fused-ring (bicyclic) bond motifs is 1. The molecule has 2 heterocycles. The topological polar surface area (TPSA) is 23.6 Å². The molecule has 0 saturated carbocycles. The first-order valence-electron chi connectivity index (χ1n) is 9.39. The van der Waals surface area contributed by atoms with Crippen molar-refractivity contribution in [2.75, 3.05) is 18.0 Å². The molecule has 2 atom stereocenters. The van der Waals surface area contributed by atoms with E-state index in [0.29, 0.717) is 5.91 Å². The summed E-state index contributed by atoms with van der Waals surface area (Å²) in [4.78, 5) is 17.8. The van der Waals surface area contributed by atoms with Crippen molar-refractivity contribution in [2.24, 2.45) is 5.92 Å². The van der Waals surface area contributed by atoms with Crippen LogP contribution in [0, 0.1) is 5.92 Å². The van der Waals surface area contributed by atoms with Gasteiger partial charge < -0.3 is 4.90 Å². The zero-order valence-corrected chi connectivity index (χ0v) is 14.9. The summed E-state index contributed by atoms with van der Waals surface area (Å²) >= 11 is 0. The van der Waals surface area contributed by atoms with Crippen molar-refractivity contribution >= 4 is 11.6 Å². The average molecular weight is 334 g/mol. The average Bonchev–Trinajstić information content (AvgIpc) is 2.98. The van der Waals surface area contributed by atoms with Gasteiger partial charge in [-0.05, 0) is 49.9 Å². The zero-order valence-electron chi connectivity index (χ0n) is 14.9. The maximum Gasteiger partial charge on any atom is 0.231 e. The van der Waals surface area contributed by atoms with Crippen LogP contribution in [0.5, 0.6) is 0 Å².